The maximum Gasteiger partial charge on any atom is 0.326 e. The molecule has 2 aromatic heterocycles. The molecule has 0 bridgehead atoms. The van der Waals surface area contributed by atoms with E-state index in [0.29, 0.717) is 28.5 Å². The lowest BCUT2D eigenvalue weighted by molar-refractivity contribution is 0.244. The van der Waals surface area contributed by atoms with Crippen LogP contribution in [0.4, 0.5) is 14.9 Å². The number of anilines is 1. The van der Waals surface area contributed by atoms with E-state index < -0.39 is 6.04 Å². The summed E-state index contributed by atoms with van der Waals surface area (Å²) in [5, 5.41) is 9.10. The highest BCUT2D eigenvalue weighted by Crippen LogP contribution is 2.39. The number of aromatic nitrogens is 2. The molecule has 160 valence electrons. The normalized spacial score (nSPS) is 16.4. The number of nitrogens with zero attached hydrogens (tertiary/aromatic N) is 3. The zero-order chi connectivity index (χ0) is 22.2. The van der Waals surface area contributed by atoms with Gasteiger partial charge in [-0.05, 0) is 55.1 Å². The second kappa shape index (κ2) is 8.05. The Bertz CT molecular complexity index is 1290. The molecule has 0 saturated carbocycles. The van der Waals surface area contributed by atoms with Gasteiger partial charge in [-0.2, -0.15) is 4.98 Å². The third-order valence-electron chi connectivity index (χ3n) is 5.38. The predicted octanol–water partition coefficient (Wildman–Crippen LogP) is 5.95. The minimum atomic E-state index is -0.568. The highest BCUT2D eigenvalue weighted by atomic mass is 32.1. The van der Waals surface area contributed by atoms with Crippen molar-refractivity contribution in [1.29, 1.82) is 0 Å². The first kappa shape index (κ1) is 20.1. The largest absolute Gasteiger partial charge is 0.334 e. The standard InChI is InChI=1S/C24H19FN4O2S/c1-14-5-11-18(12-6-14)29-15(2)20(23-27-22(28-31-23)19-4-3-13-32-19)21(26-24(29)30)16-7-9-17(25)10-8-16/h3-13,21H,1-2H3,(H,26,30). The third kappa shape index (κ3) is 3.58. The quantitative estimate of drug-likeness (QED) is 0.421. The summed E-state index contributed by atoms with van der Waals surface area (Å²) >= 11 is 1.51. The molecule has 8 heteroatoms. The molecular weight excluding hydrogens is 427 g/mol. The zero-order valence-corrected chi connectivity index (χ0v) is 18.2. The highest BCUT2D eigenvalue weighted by molar-refractivity contribution is 7.13. The molecule has 1 unspecified atom stereocenters. The van der Waals surface area contributed by atoms with Crippen LogP contribution in [0.5, 0.6) is 0 Å². The molecule has 32 heavy (non-hydrogen) atoms. The molecule has 6 nitrogen and oxygen atoms in total. The van der Waals surface area contributed by atoms with E-state index in [1.54, 1.807) is 17.0 Å². The maximum atomic E-state index is 13.6. The average Bonchev–Trinajstić information content (AvgIpc) is 3.47. The topological polar surface area (TPSA) is 71.3 Å². The zero-order valence-electron chi connectivity index (χ0n) is 17.4. The van der Waals surface area contributed by atoms with E-state index in [0.717, 1.165) is 16.1 Å². The van der Waals surface area contributed by atoms with Gasteiger partial charge >= 0.3 is 6.03 Å². The minimum Gasteiger partial charge on any atom is -0.334 e. The second-order valence-electron chi connectivity index (χ2n) is 7.50. The Morgan fingerprint density at radius 3 is 2.50 bits per heavy atom. The van der Waals surface area contributed by atoms with Gasteiger partial charge in [0.15, 0.2) is 0 Å². The van der Waals surface area contributed by atoms with Crippen LogP contribution in [-0.2, 0) is 0 Å². The van der Waals surface area contributed by atoms with Crippen LogP contribution in [0, 0.1) is 12.7 Å². The molecular formula is C24H19FN4O2S. The number of hydrogen-bond acceptors (Lipinski definition) is 5. The SMILES string of the molecule is CC1=C(c2nc(-c3cccs3)no2)C(c2ccc(F)cc2)NC(=O)N1c1ccc(C)cc1. The lowest BCUT2D eigenvalue weighted by Gasteiger charge is -2.35. The van der Waals surface area contributed by atoms with Crippen LogP contribution in [0.1, 0.15) is 30.0 Å². The molecule has 2 aromatic carbocycles. The van der Waals surface area contributed by atoms with Gasteiger partial charge in [0.1, 0.15) is 5.82 Å². The predicted molar refractivity (Wildman–Crippen MR) is 122 cm³/mol. The first-order valence-corrected chi connectivity index (χ1v) is 10.9. The molecule has 3 heterocycles. The number of benzene rings is 2. The number of hydrogen-bond donors (Lipinski definition) is 1. The number of rotatable bonds is 4. The summed E-state index contributed by atoms with van der Waals surface area (Å²) in [6.45, 7) is 3.84. The van der Waals surface area contributed by atoms with Crippen LogP contribution >= 0.6 is 11.3 Å². The van der Waals surface area contributed by atoms with E-state index in [2.05, 4.69) is 15.5 Å². The monoisotopic (exact) mass is 446 g/mol. The van der Waals surface area contributed by atoms with Crippen molar-refractivity contribution in [2.75, 3.05) is 4.90 Å². The molecule has 1 atom stereocenters. The van der Waals surface area contributed by atoms with E-state index in [1.165, 1.54) is 23.5 Å². The summed E-state index contributed by atoms with van der Waals surface area (Å²) < 4.78 is 19.2. The number of halogens is 1. The maximum absolute atomic E-state index is 13.6. The van der Waals surface area contributed by atoms with Gasteiger partial charge in [-0.25, -0.2) is 9.18 Å². The Kier molecular flexibility index (Phi) is 5.07. The van der Waals surface area contributed by atoms with Crippen molar-refractivity contribution in [2.24, 2.45) is 0 Å². The van der Waals surface area contributed by atoms with Crippen molar-refractivity contribution in [3.8, 4) is 10.7 Å². The first-order chi connectivity index (χ1) is 15.5. The first-order valence-electron chi connectivity index (χ1n) is 10.0. The summed E-state index contributed by atoms with van der Waals surface area (Å²) in [6.07, 6.45) is 0. The van der Waals surface area contributed by atoms with Crippen LogP contribution in [0.15, 0.2) is 76.3 Å². The van der Waals surface area contributed by atoms with Crippen LogP contribution in [0.25, 0.3) is 16.3 Å². The number of nitrogens with one attached hydrogen (secondary N) is 1. The number of amides is 2. The van der Waals surface area contributed by atoms with Gasteiger partial charge in [-0.3, -0.25) is 4.90 Å². The number of thiophene rings is 1. The summed E-state index contributed by atoms with van der Waals surface area (Å²) in [4.78, 5) is 20.2. The van der Waals surface area contributed by atoms with Gasteiger partial charge in [0, 0.05) is 5.70 Å². The number of allylic oxidation sites excluding steroid dienone is 1. The van der Waals surface area contributed by atoms with Gasteiger partial charge in [0.05, 0.1) is 22.2 Å². The van der Waals surface area contributed by atoms with Crippen LogP contribution < -0.4 is 10.2 Å². The Hall–Kier alpha value is -3.78. The minimum absolute atomic E-state index is 0.289. The van der Waals surface area contributed by atoms with Crippen molar-refractivity contribution in [3.63, 3.8) is 0 Å². The Balaban J connectivity index is 1.66. The van der Waals surface area contributed by atoms with E-state index in [9.17, 15) is 9.18 Å². The Morgan fingerprint density at radius 2 is 1.81 bits per heavy atom. The summed E-state index contributed by atoms with van der Waals surface area (Å²) in [7, 11) is 0. The van der Waals surface area contributed by atoms with Gasteiger partial charge in [0.25, 0.3) is 5.89 Å². The molecule has 0 spiro atoms. The number of carbonyl (C=O) groups is 1. The Morgan fingerprint density at radius 1 is 1.06 bits per heavy atom. The molecule has 1 N–H and O–H groups in total. The fraction of sp³-hybridized carbons (Fsp3) is 0.125. The number of carbonyl (C=O) groups excluding carboxylic acids is 1. The highest BCUT2D eigenvalue weighted by Gasteiger charge is 2.36. The molecule has 0 saturated heterocycles. The average molecular weight is 447 g/mol. The fourth-order valence-corrected chi connectivity index (χ4v) is 4.42. The molecule has 0 radical (unpaired) electrons. The van der Waals surface area contributed by atoms with Crippen LogP contribution in [-0.4, -0.2) is 16.2 Å². The summed E-state index contributed by atoms with van der Waals surface area (Å²) in [5.74, 6) is 0.432. The van der Waals surface area contributed by atoms with Crippen LogP contribution in [0.3, 0.4) is 0 Å². The molecule has 5 rings (SSSR count). The van der Waals surface area contributed by atoms with Crippen molar-refractivity contribution < 1.29 is 13.7 Å². The number of aryl methyl sites for hydroxylation is 1. The molecule has 1 aliphatic rings. The molecule has 2 amide bonds. The van der Waals surface area contributed by atoms with E-state index in [4.69, 9.17) is 4.52 Å². The van der Waals surface area contributed by atoms with Crippen LogP contribution in [0.2, 0.25) is 0 Å². The van der Waals surface area contributed by atoms with Gasteiger partial charge in [-0.1, -0.05) is 41.1 Å². The van der Waals surface area contributed by atoms with Gasteiger partial charge in [-0.15, -0.1) is 11.3 Å². The molecule has 4 aromatic rings. The van der Waals surface area contributed by atoms with E-state index >= 15 is 0 Å². The molecule has 1 aliphatic heterocycles. The Labute approximate surface area is 188 Å². The van der Waals surface area contributed by atoms with Crippen molar-refractivity contribution >= 4 is 28.6 Å². The van der Waals surface area contributed by atoms with Crippen molar-refractivity contribution in [1.82, 2.24) is 15.5 Å². The van der Waals surface area contributed by atoms with Gasteiger partial charge in [0.2, 0.25) is 5.82 Å². The molecule has 0 aliphatic carbocycles. The molecule has 0 fully saturated rings. The van der Waals surface area contributed by atoms with Crippen molar-refractivity contribution in [2.45, 2.75) is 19.9 Å². The summed E-state index contributed by atoms with van der Waals surface area (Å²) in [5.41, 5.74) is 3.85. The van der Waals surface area contributed by atoms with Crippen molar-refractivity contribution in [3.05, 3.63) is 94.6 Å². The smallest absolute Gasteiger partial charge is 0.326 e. The van der Waals surface area contributed by atoms with E-state index in [1.807, 2.05) is 55.6 Å². The van der Waals surface area contributed by atoms with E-state index in [-0.39, 0.29) is 11.8 Å². The lowest BCUT2D eigenvalue weighted by Crippen LogP contribution is -2.46. The fourth-order valence-electron chi connectivity index (χ4n) is 3.77. The number of urea groups is 1. The summed E-state index contributed by atoms with van der Waals surface area (Å²) in [6, 6.07) is 16.7. The second-order valence-corrected chi connectivity index (χ2v) is 8.45. The lowest BCUT2D eigenvalue weighted by atomic mass is 9.94. The van der Waals surface area contributed by atoms with Gasteiger partial charge < -0.3 is 9.84 Å². The third-order valence-corrected chi connectivity index (χ3v) is 6.24.